The molecule has 5 N–H and O–H groups in total. The van der Waals surface area contributed by atoms with Gasteiger partial charge in [-0.3, -0.25) is 4.79 Å². The molecule has 0 heterocycles. The van der Waals surface area contributed by atoms with E-state index in [4.69, 9.17) is 11.5 Å². The van der Waals surface area contributed by atoms with Crippen LogP contribution >= 0.6 is 0 Å². The summed E-state index contributed by atoms with van der Waals surface area (Å²) < 4.78 is 0. The highest BCUT2D eigenvalue weighted by atomic mass is 16.2. The number of carbonyl (C=O) groups excluding carboxylic acids is 2. The smallest absolute Gasteiger partial charge is 0.238 e. The average molecular weight is 201 g/mol. The topological polar surface area (TPSA) is 98.2 Å². The Labute approximate surface area is 84.2 Å². The zero-order chi connectivity index (χ0) is 11.1. The number of nitrogens with one attached hydrogen (secondary N) is 1. The zero-order valence-electron chi connectivity index (χ0n) is 8.69. The molecule has 0 saturated carbocycles. The normalized spacial score (nSPS) is 14.9. The molecule has 1 amide bonds. The summed E-state index contributed by atoms with van der Waals surface area (Å²) in [6.07, 6.45) is 1.34. The second-order valence-corrected chi connectivity index (χ2v) is 3.72. The van der Waals surface area contributed by atoms with Crippen LogP contribution in [0.5, 0.6) is 0 Å². The predicted octanol–water partition coefficient (Wildman–Crippen LogP) is -0.998. The lowest BCUT2D eigenvalue weighted by atomic mass is 10.0. The van der Waals surface area contributed by atoms with Gasteiger partial charge in [-0.05, 0) is 12.3 Å². The van der Waals surface area contributed by atoms with Crippen molar-refractivity contribution in [3.05, 3.63) is 0 Å². The van der Waals surface area contributed by atoms with E-state index in [9.17, 15) is 9.59 Å². The number of rotatable bonds is 6. The first-order chi connectivity index (χ1) is 6.51. The van der Waals surface area contributed by atoms with Crippen molar-refractivity contribution >= 4 is 12.2 Å². The van der Waals surface area contributed by atoms with E-state index in [1.807, 2.05) is 13.8 Å². The van der Waals surface area contributed by atoms with Gasteiger partial charge in [0.25, 0.3) is 0 Å². The van der Waals surface area contributed by atoms with Crippen molar-refractivity contribution in [2.24, 2.45) is 17.4 Å². The van der Waals surface area contributed by atoms with Crippen LogP contribution in [-0.4, -0.2) is 30.8 Å². The van der Waals surface area contributed by atoms with Crippen LogP contribution in [0.15, 0.2) is 0 Å². The van der Waals surface area contributed by atoms with Gasteiger partial charge in [-0.2, -0.15) is 0 Å². The van der Waals surface area contributed by atoms with Crippen molar-refractivity contribution in [3.63, 3.8) is 0 Å². The van der Waals surface area contributed by atoms with E-state index in [0.717, 1.165) is 6.29 Å². The van der Waals surface area contributed by atoms with Gasteiger partial charge in [-0.1, -0.05) is 13.8 Å². The molecule has 82 valence electrons. The Morgan fingerprint density at radius 1 is 1.50 bits per heavy atom. The molecule has 0 bridgehead atoms. The number of hydrogen-bond donors (Lipinski definition) is 3. The highest BCUT2D eigenvalue weighted by molar-refractivity contribution is 5.84. The van der Waals surface area contributed by atoms with Gasteiger partial charge in [-0.25, -0.2) is 0 Å². The van der Waals surface area contributed by atoms with Gasteiger partial charge in [0.05, 0.1) is 12.1 Å². The fourth-order valence-electron chi connectivity index (χ4n) is 1.05. The van der Waals surface area contributed by atoms with Crippen LogP contribution in [0.1, 0.15) is 20.3 Å². The molecule has 0 rings (SSSR count). The van der Waals surface area contributed by atoms with Gasteiger partial charge in [0, 0.05) is 6.54 Å². The lowest BCUT2D eigenvalue weighted by Gasteiger charge is -2.17. The molecule has 0 aliphatic carbocycles. The Morgan fingerprint density at radius 3 is 2.43 bits per heavy atom. The van der Waals surface area contributed by atoms with Crippen molar-refractivity contribution in [2.75, 3.05) is 6.54 Å². The third kappa shape index (κ3) is 4.94. The van der Waals surface area contributed by atoms with E-state index in [0.29, 0.717) is 12.3 Å². The first-order valence-corrected chi connectivity index (χ1v) is 4.72. The zero-order valence-corrected chi connectivity index (χ0v) is 8.69. The third-order valence-electron chi connectivity index (χ3n) is 1.81. The number of amides is 1. The molecule has 2 atom stereocenters. The third-order valence-corrected chi connectivity index (χ3v) is 1.81. The molecule has 0 aromatic heterocycles. The van der Waals surface area contributed by atoms with Gasteiger partial charge in [-0.15, -0.1) is 0 Å². The van der Waals surface area contributed by atoms with Crippen molar-refractivity contribution < 1.29 is 9.59 Å². The molecule has 5 heteroatoms. The van der Waals surface area contributed by atoms with Crippen molar-refractivity contribution in [2.45, 2.75) is 32.4 Å². The van der Waals surface area contributed by atoms with E-state index in [1.54, 1.807) is 0 Å². The first-order valence-electron chi connectivity index (χ1n) is 4.72. The molecule has 0 aromatic carbocycles. The number of aldehydes is 1. The largest absolute Gasteiger partial charge is 0.345 e. The highest BCUT2D eigenvalue weighted by Crippen LogP contribution is 2.02. The van der Waals surface area contributed by atoms with Crippen molar-refractivity contribution in [3.8, 4) is 0 Å². The fraction of sp³-hybridized carbons (Fsp3) is 0.778. The maximum atomic E-state index is 11.2. The van der Waals surface area contributed by atoms with Crippen LogP contribution in [-0.2, 0) is 9.59 Å². The van der Waals surface area contributed by atoms with E-state index >= 15 is 0 Å². The fourth-order valence-corrected chi connectivity index (χ4v) is 1.05. The molecule has 0 aliphatic rings. The molecule has 0 unspecified atom stereocenters. The summed E-state index contributed by atoms with van der Waals surface area (Å²) in [7, 11) is 0. The minimum atomic E-state index is -0.732. The van der Waals surface area contributed by atoms with E-state index in [1.165, 1.54) is 0 Å². The maximum Gasteiger partial charge on any atom is 0.238 e. The summed E-state index contributed by atoms with van der Waals surface area (Å²) >= 11 is 0. The van der Waals surface area contributed by atoms with Gasteiger partial charge in [0.15, 0.2) is 0 Å². The molecule has 0 fully saturated rings. The van der Waals surface area contributed by atoms with Crippen LogP contribution in [0, 0.1) is 5.92 Å². The van der Waals surface area contributed by atoms with E-state index < -0.39 is 12.1 Å². The summed E-state index contributed by atoms with van der Waals surface area (Å²) in [5.41, 5.74) is 10.6. The number of carbonyl (C=O) groups is 2. The Morgan fingerprint density at radius 2 is 2.07 bits per heavy atom. The second kappa shape index (κ2) is 6.50. The molecule has 0 saturated heterocycles. The molecule has 5 nitrogen and oxygen atoms in total. The molecular weight excluding hydrogens is 182 g/mol. The Bertz CT molecular complexity index is 194. The van der Waals surface area contributed by atoms with Crippen molar-refractivity contribution in [1.82, 2.24) is 5.32 Å². The van der Waals surface area contributed by atoms with Crippen molar-refractivity contribution in [1.29, 1.82) is 0 Å². The molecule has 0 spiro atoms. The summed E-state index contributed by atoms with van der Waals surface area (Å²) in [6, 6.07) is -1.19. The maximum absolute atomic E-state index is 11.2. The van der Waals surface area contributed by atoms with Gasteiger partial charge in [0.2, 0.25) is 5.91 Å². The summed E-state index contributed by atoms with van der Waals surface area (Å²) in [5, 5.41) is 2.54. The lowest BCUT2D eigenvalue weighted by Crippen LogP contribution is -2.49. The molecular formula is C9H19N3O2. The molecule has 0 aromatic rings. The Kier molecular flexibility index (Phi) is 6.07. The van der Waals surface area contributed by atoms with Crippen LogP contribution in [0.3, 0.4) is 0 Å². The number of nitrogens with two attached hydrogens (primary N) is 2. The van der Waals surface area contributed by atoms with Crippen LogP contribution in [0.25, 0.3) is 0 Å². The number of hydrogen-bond acceptors (Lipinski definition) is 4. The first kappa shape index (κ1) is 13.1. The average Bonchev–Trinajstić information content (AvgIpc) is 2.14. The molecule has 14 heavy (non-hydrogen) atoms. The quantitative estimate of drug-likeness (QED) is 0.480. The van der Waals surface area contributed by atoms with Gasteiger partial charge in [0.1, 0.15) is 6.29 Å². The van der Waals surface area contributed by atoms with E-state index in [2.05, 4.69) is 5.32 Å². The lowest BCUT2D eigenvalue weighted by molar-refractivity contribution is -0.125. The minimum absolute atomic E-state index is 0.0824. The van der Waals surface area contributed by atoms with Gasteiger partial charge < -0.3 is 21.6 Å². The minimum Gasteiger partial charge on any atom is -0.345 e. The Balaban J connectivity index is 4.04. The summed E-state index contributed by atoms with van der Waals surface area (Å²) in [4.78, 5) is 21.9. The molecule has 0 aliphatic heterocycles. The van der Waals surface area contributed by atoms with Crippen LogP contribution in [0.2, 0.25) is 0 Å². The van der Waals surface area contributed by atoms with E-state index in [-0.39, 0.29) is 12.5 Å². The highest BCUT2D eigenvalue weighted by Gasteiger charge is 2.16. The van der Waals surface area contributed by atoms with Gasteiger partial charge >= 0.3 is 0 Å². The monoisotopic (exact) mass is 201 g/mol. The summed E-state index contributed by atoms with van der Waals surface area (Å²) in [5.74, 6) is -0.0233. The standard InChI is InChI=1S/C9H19N3O2/c1-6(2)3-7(5-13)12-9(14)8(11)4-10/h5-8H,3-4,10-11H2,1-2H3,(H,12,14)/t7-,8+/m1/s1. The van der Waals surface area contributed by atoms with Crippen LogP contribution in [0.4, 0.5) is 0 Å². The van der Waals surface area contributed by atoms with Crippen LogP contribution < -0.4 is 16.8 Å². The second-order valence-electron chi connectivity index (χ2n) is 3.72. The molecule has 0 radical (unpaired) electrons. The summed E-state index contributed by atoms with van der Waals surface area (Å²) in [6.45, 7) is 4.04. The SMILES string of the molecule is CC(C)C[C@H](C=O)NC(=O)[C@@H](N)CN. The predicted molar refractivity (Wildman–Crippen MR) is 54.5 cm³/mol. The Hall–Kier alpha value is -0.940.